The van der Waals surface area contributed by atoms with E-state index in [1.165, 1.54) is 6.39 Å². The molecule has 0 spiro atoms. The molecule has 0 aliphatic heterocycles. The molecule has 4 heteroatoms. The summed E-state index contributed by atoms with van der Waals surface area (Å²) in [6, 6.07) is 0. The third-order valence-corrected chi connectivity index (χ3v) is 0.865. The van der Waals surface area contributed by atoms with Gasteiger partial charge >= 0.3 is 0 Å². The Bertz CT molecular complexity index is 159. The Morgan fingerprint density at radius 2 is 2.44 bits per heavy atom. The molecular formula is C5H9N3O. The molecule has 1 aromatic rings. The number of rotatable bonds is 2. The van der Waals surface area contributed by atoms with Crippen LogP contribution in [0.25, 0.3) is 0 Å². The van der Waals surface area contributed by atoms with Crippen LogP contribution in [0.5, 0.6) is 0 Å². The summed E-state index contributed by atoms with van der Waals surface area (Å²) in [5, 5.41) is 3.63. The van der Waals surface area contributed by atoms with E-state index in [1.807, 2.05) is 19.0 Å². The van der Waals surface area contributed by atoms with Crippen LogP contribution in [-0.4, -0.2) is 29.1 Å². The first-order valence-corrected chi connectivity index (χ1v) is 2.69. The first-order chi connectivity index (χ1) is 4.29. The summed E-state index contributed by atoms with van der Waals surface area (Å²) in [5.41, 5.74) is 0. The van der Waals surface area contributed by atoms with Crippen LogP contribution in [0.1, 0.15) is 5.82 Å². The van der Waals surface area contributed by atoms with Crippen molar-refractivity contribution in [2.24, 2.45) is 0 Å². The lowest BCUT2D eigenvalue weighted by Gasteiger charge is -2.02. The molecule has 4 nitrogen and oxygen atoms in total. The monoisotopic (exact) mass is 127 g/mol. The second-order valence-electron chi connectivity index (χ2n) is 2.09. The Balaban J connectivity index is 2.48. The molecule has 0 aromatic carbocycles. The number of hydrogen-bond acceptors (Lipinski definition) is 4. The van der Waals surface area contributed by atoms with Gasteiger partial charge in [-0.3, -0.25) is 0 Å². The van der Waals surface area contributed by atoms with Crippen LogP contribution in [0.15, 0.2) is 10.9 Å². The van der Waals surface area contributed by atoms with E-state index in [0.29, 0.717) is 0 Å². The lowest BCUT2D eigenvalue weighted by atomic mass is 10.6. The summed E-state index contributed by atoms with van der Waals surface area (Å²) >= 11 is 0. The van der Waals surface area contributed by atoms with E-state index in [4.69, 9.17) is 0 Å². The van der Waals surface area contributed by atoms with E-state index in [0.717, 1.165) is 12.4 Å². The van der Waals surface area contributed by atoms with Crippen molar-refractivity contribution in [2.75, 3.05) is 14.1 Å². The zero-order valence-corrected chi connectivity index (χ0v) is 5.53. The quantitative estimate of drug-likeness (QED) is 0.566. The van der Waals surface area contributed by atoms with Gasteiger partial charge in [0, 0.05) is 0 Å². The average Bonchev–Trinajstić information content (AvgIpc) is 2.15. The molecule has 0 amide bonds. The Labute approximate surface area is 53.5 Å². The van der Waals surface area contributed by atoms with E-state index < -0.39 is 0 Å². The molecule has 50 valence electrons. The van der Waals surface area contributed by atoms with Gasteiger partial charge in [-0.15, -0.1) is 0 Å². The first-order valence-electron chi connectivity index (χ1n) is 2.69. The molecule has 0 aliphatic rings. The number of nitrogens with zero attached hydrogens (tertiary/aromatic N) is 3. The molecule has 0 N–H and O–H groups in total. The van der Waals surface area contributed by atoms with Crippen molar-refractivity contribution in [3.05, 3.63) is 12.2 Å². The van der Waals surface area contributed by atoms with Crippen molar-refractivity contribution in [3.8, 4) is 0 Å². The van der Waals surface area contributed by atoms with Gasteiger partial charge in [0.2, 0.25) is 6.39 Å². The average molecular weight is 127 g/mol. The second kappa shape index (κ2) is 2.59. The van der Waals surface area contributed by atoms with Crippen LogP contribution in [0.2, 0.25) is 0 Å². The van der Waals surface area contributed by atoms with Crippen molar-refractivity contribution in [2.45, 2.75) is 6.54 Å². The van der Waals surface area contributed by atoms with Gasteiger partial charge in [0.25, 0.3) is 0 Å². The Kier molecular flexibility index (Phi) is 1.79. The largest absolute Gasteiger partial charge is 0.343 e. The number of hydrogen-bond donors (Lipinski definition) is 0. The molecular weight excluding hydrogens is 118 g/mol. The van der Waals surface area contributed by atoms with Crippen LogP contribution in [0.4, 0.5) is 0 Å². The SMILES string of the molecule is CN(C)Cc1ncon1. The van der Waals surface area contributed by atoms with Gasteiger partial charge in [-0.2, -0.15) is 4.98 Å². The highest BCUT2D eigenvalue weighted by Gasteiger charge is 1.97. The zero-order chi connectivity index (χ0) is 6.69. The minimum absolute atomic E-state index is 0.722. The summed E-state index contributed by atoms with van der Waals surface area (Å²) < 4.78 is 4.53. The fourth-order valence-corrected chi connectivity index (χ4v) is 0.545. The lowest BCUT2D eigenvalue weighted by molar-refractivity contribution is 0.362. The summed E-state index contributed by atoms with van der Waals surface area (Å²) in [6.45, 7) is 0.733. The predicted octanol–water partition coefficient (Wildman–Crippen LogP) is 0.131. The van der Waals surface area contributed by atoms with Crippen molar-refractivity contribution in [1.29, 1.82) is 0 Å². The molecule has 0 unspecified atom stereocenters. The fraction of sp³-hybridized carbons (Fsp3) is 0.600. The highest BCUT2D eigenvalue weighted by atomic mass is 16.5. The maximum atomic E-state index is 4.53. The molecule has 0 radical (unpaired) electrons. The third-order valence-electron chi connectivity index (χ3n) is 0.865. The maximum Gasteiger partial charge on any atom is 0.213 e. The lowest BCUT2D eigenvalue weighted by Crippen LogP contribution is -2.11. The van der Waals surface area contributed by atoms with Gasteiger partial charge in [0.15, 0.2) is 5.82 Å². The van der Waals surface area contributed by atoms with Gasteiger partial charge in [-0.25, -0.2) is 0 Å². The van der Waals surface area contributed by atoms with Crippen molar-refractivity contribution >= 4 is 0 Å². The van der Waals surface area contributed by atoms with Crippen LogP contribution in [0.3, 0.4) is 0 Å². The Morgan fingerprint density at radius 1 is 1.67 bits per heavy atom. The molecule has 0 saturated heterocycles. The molecule has 0 saturated carbocycles. The molecule has 1 rings (SSSR count). The topological polar surface area (TPSA) is 42.2 Å². The van der Waals surface area contributed by atoms with E-state index in [1.54, 1.807) is 0 Å². The first kappa shape index (κ1) is 6.22. The van der Waals surface area contributed by atoms with Gasteiger partial charge in [-0.1, -0.05) is 5.16 Å². The molecule has 0 atom stereocenters. The molecule has 1 heterocycles. The summed E-state index contributed by atoms with van der Waals surface area (Å²) in [6.07, 6.45) is 1.33. The third kappa shape index (κ3) is 1.81. The van der Waals surface area contributed by atoms with Crippen molar-refractivity contribution in [3.63, 3.8) is 0 Å². The molecule has 9 heavy (non-hydrogen) atoms. The highest BCUT2D eigenvalue weighted by Crippen LogP contribution is 1.90. The minimum Gasteiger partial charge on any atom is -0.343 e. The van der Waals surface area contributed by atoms with E-state index in [-0.39, 0.29) is 0 Å². The highest BCUT2D eigenvalue weighted by molar-refractivity contribution is 4.75. The maximum absolute atomic E-state index is 4.53. The zero-order valence-electron chi connectivity index (χ0n) is 5.53. The Morgan fingerprint density at radius 3 is 2.89 bits per heavy atom. The second-order valence-corrected chi connectivity index (χ2v) is 2.09. The van der Waals surface area contributed by atoms with Gasteiger partial charge < -0.3 is 9.42 Å². The van der Waals surface area contributed by atoms with Crippen LogP contribution in [0, 0.1) is 0 Å². The van der Waals surface area contributed by atoms with Crippen molar-refractivity contribution < 1.29 is 4.52 Å². The molecule has 0 fully saturated rings. The fourth-order valence-electron chi connectivity index (χ4n) is 0.545. The summed E-state index contributed by atoms with van der Waals surface area (Å²) in [4.78, 5) is 5.81. The summed E-state index contributed by atoms with van der Waals surface area (Å²) in [7, 11) is 3.91. The summed E-state index contributed by atoms with van der Waals surface area (Å²) in [5.74, 6) is 0.722. The Hall–Kier alpha value is -0.900. The molecule has 0 aliphatic carbocycles. The van der Waals surface area contributed by atoms with E-state index >= 15 is 0 Å². The van der Waals surface area contributed by atoms with E-state index in [9.17, 15) is 0 Å². The predicted molar refractivity (Wildman–Crippen MR) is 31.7 cm³/mol. The van der Waals surface area contributed by atoms with Gasteiger partial charge in [-0.05, 0) is 14.1 Å². The minimum atomic E-state index is 0.722. The molecule has 1 aromatic heterocycles. The van der Waals surface area contributed by atoms with Gasteiger partial charge in [0.1, 0.15) is 0 Å². The van der Waals surface area contributed by atoms with E-state index in [2.05, 4.69) is 14.7 Å². The standard InChI is InChI=1S/C5H9N3O/c1-8(2)3-5-6-4-9-7-5/h4H,3H2,1-2H3. The number of aromatic nitrogens is 2. The van der Waals surface area contributed by atoms with Crippen LogP contribution in [-0.2, 0) is 6.54 Å². The van der Waals surface area contributed by atoms with Gasteiger partial charge in [0.05, 0.1) is 6.54 Å². The van der Waals surface area contributed by atoms with Crippen LogP contribution >= 0.6 is 0 Å². The normalized spacial score (nSPS) is 10.6. The van der Waals surface area contributed by atoms with Crippen molar-refractivity contribution in [1.82, 2.24) is 15.0 Å². The molecule has 0 bridgehead atoms. The smallest absolute Gasteiger partial charge is 0.213 e. The van der Waals surface area contributed by atoms with Crippen LogP contribution < -0.4 is 0 Å².